The van der Waals surface area contributed by atoms with Crippen molar-refractivity contribution in [3.05, 3.63) is 279 Å². The lowest BCUT2D eigenvalue weighted by Crippen LogP contribution is -2.61. The summed E-state index contributed by atoms with van der Waals surface area (Å²) < 4.78 is 0. The van der Waals surface area contributed by atoms with Gasteiger partial charge < -0.3 is 0 Å². The molecule has 16 heteroatoms. The van der Waals surface area contributed by atoms with Crippen molar-refractivity contribution in [2.24, 2.45) is 0 Å². The zero-order valence-corrected chi connectivity index (χ0v) is 48.8. The predicted octanol–water partition coefficient (Wildman–Crippen LogP) is 14.9. The van der Waals surface area contributed by atoms with E-state index >= 15 is 0 Å². The van der Waals surface area contributed by atoms with E-state index in [1.807, 2.05) is 97.1 Å². The van der Waals surface area contributed by atoms with Crippen LogP contribution in [0.1, 0.15) is 91.9 Å². The Hall–Kier alpha value is -4.24. The number of nitrogens with one attached hydrogen (secondary N) is 8. The lowest BCUT2D eigenvalue weighted by molar-refractivity contribution is 0.281. The van der Waals surface area contributed by atoms with Gasteiger partial charge in [0.05, 0.1) is 49.3 Å². The molecule has 80 heavy (non-hydrogen) atoms. The Morgan fingerprint density at radius 1 is 0.163 bits per heavy atom. The molecule has 0 amide bonds. The summed E-state index contributed by atoms with van der Waals surface area (Å²) in [6.45, 7) is 0. The third kappa shape index (κ3) is 10.2. The van der Waals surface area contributed by atoms with Crippen LogP contribution in [-0.2, 0) is 0 Å². The molecule has 5 heterocycles. The Morgan fingerprint density at radius 3 is 0.362 bits per heavy atom. The van der Waals surface area contributed by atoms with Crippen LogP contribution in [0.2, 0.25) is 40.2 Å². The van der Waals surface area contributed by atoms with E-state index in [1.165, 1.54) is 0 Å². The highest BCUT2D eigenvalue weighted by atomic mass is 35.5. The summed E-state index contributed by atoms with van der Waals surface area (Å²) in [5.41, 5.74) is 7.68. The van der Waals surface area contributed by atoms with Crippen molar-refractivity contribution < 1.29 is 0 Å². The van der Waals surface area contributed by atoms with Crippen molar-refractivity contribution >= 4 is 92.8 Å². The Kier molecular flexibility index (Phi) is 16.1. The van der Waals surface area contributed by atoms with E-state index in [1.54, 1.807) is 0 Å². The van der Waals surface area contributed by atoms with E-state index in [4.69, 9.17) is 92.8 Å². The van der Waals surface area contributed by atoms with E-state index in [0.717, 1.165) is 44.5 Å². The standard InChI is InChI=1S/C64H56Cl8N8/c65-41-25-9-1-17-33(41)49-50(34-18-2-10-26-42(34)66)58-73-57(49)77-59-51(35-19-3-11-27-43(35)67)52(36-20-4-12-28-44(36)68)61(74-59)79-63-55(39-23-7-15-31-47(39)71)56(40-24-8-16-32-48(40)72)64(76-63)80-62-54(38-22-6-14-30-46(38)70)53(60(75-62)78-58)37-21-5-13-29-45(37)69/h1-32,49-64,73-80H. The molecule has 8 aromatic rings. The first-order valence-electron chi connectivity index (χ1n) is 27.1. The quantitative estimate of drug-likeness (QED) is 0.0763. The molecule has 8 unspecified atom stereocenters. The SMILES string of the molecule is Clc1ccccc1C1C2NC(NC3NC(NC4NC(NC5NC(N2)C(c2ccccc2Cl)C5c2ccccc2Cl)C(c2ccccc2Cl)C4c2ccccc2Cl)C(c2ccccc2Cl)C3c2ccccc2Cl)C1c1ccccc1Cl. The van der Waals surface area contributed by atoms with Crippen LogP contribution in [0.15, 0.2) is 194 Å². The van der Waals surface area contributed by atoms with E-state index in [-0.39, 0.29) is 47.3 Å². The summed E-state index contributed by atoms with van der Waals surface area (Å²) in [4.78, 5) is 0. The molecule has 5 aliphatic heterocycles. The van der Waals surface area contributed by atoms with Gasteiger partial charge in [-0.15, -0.1) is 0 Å². The van der Waals surface area contributed by atoms with E-state index in [2.05, 4.69) is 140 Å². The lowest BCUT2D eigenvalue weighted by atomic mass is 9.78. The van der Waals surface area contributed by atoms with Crippen LogP contribution in [-0.4, -0.2) is 49.3 Å². The second kappa shape index (κ2) is 23.4. The molecular weight excluding hydrogens is 1160 g/mol. The van der Waals surface area contributed by atoms with Crippen LogP contribution in [0.25, 0.3) is 0 Å². The molecule has 5 aliphatic rings. The molecular formula is C64H56Cl8N8. The Balaban J connectivity index is 1.07. The third-order valence-corrected chi connectivity index (χ3v) is 20.2. The minimum absolute atomic E-state index is 0.302. The van der Waals surface area contributed by atoms with E-state index < -0.39 is 49.3 Å². The van der Waals surface area contributed by atoms with Crippen LogP contribution in [0.5, 0.6) is 0 Å². The molecule has 8 bridgehead atoms. The number of rotatable bonds is 8. The van der Waals surface area contributed by atoms with Crippen LogP contribution in [0.4, 0.5) is 0 Å². The van der Waals surface area contributed by atoms with Crippen molar-refractivity contribution in [1.82, 2.24) is 42.5 Å². The molecule has 5 fully saturated rings. The van der Waals surface area contributed by atoms with Gasteiger partial charge in [-0.2, -0.15) is 0 Å². The van der Waals surface area contributed by atoms with Gasteiger partial charge in [-0.25, -0.2) is 0 Å². The van der Waals surface area contributed by atoms with Crippen LogP contribution < -0.4 is 42.5 Å². The minimum Gasteiger partial charge on any atom is -0.285 e. The number of hydrogen-bond donors (Lipinski definition) is 8. The molecule has 408 valence electrons. The minimum atomic E-state index is -0.447. The average Bonchev–Trinajstić information content (AvgIpc) is 4.35. The van der Waals surface area contributed by atoms with Crippen LogP contribution >= 0.6 is 92.8 Å². The maximum Gasteiger partial charge on any atom is 0.0674 e. The first-order chi connectivity index (χ1) is 39.0. The van der Waals surface area contributed by atoms with Crippen molar-refractivity contribution in [1.29, 1.82) is 0 Å². The molecule has 8 atom stereocenters. The second-order valence-corrected chi connectivity index (χ2v) is 24.8. The fraction of sp³-hybridized carbons (Fsp3) is 0.250. The van der Waals surface area contributed by atoms with Crippen molar-refractivity contribution in [2.75, 3.05) is 0 Å². The molecule has 5 saturated heterocycles. The number of halogens is 8. The van der Waals surface area contributed by atoms with Crippen molar-refractivity contribution in [3.63, 3.8) is 0 Å². The zero-order valence-electron chi connectivity index (χ0n) is 42.7. The number of fused-ring (bicyclic) bond motifs is 8. The predicted molar refractivity (Wildman–Crippen MR) is 329 cm³/mol. The monoisotopic (exact) mass is 1220 g/mol. The maximum absolute atomic E-state index is 7.43. The summed E-state index contributed by atoms with van der Waals surface area (Å²) in [5, 5.41) is 38.8. The second-order valence-electron chi connectivity index (χ2n) is 21.5. The highest BCUT2D eigenvalue weighted by Crippen LogP contribution is 2.54. The van der Waals surface area contributed by atoms with Gasteiger partial charge in [0.1, 0.15) is 0 Å². The average molecular weight is 1220 g/mol. The molecule has 0 spiro atoms. The molecule has 8 aromatic carbocycles. The molecule has 0 saturated carbocycles. The largest absolute Gasteiger partial charge is 0.285 e. The first-order valence-corrected chi connectivity index (χ1v) is 30.1. The zero-order chi connectivity index (χ0) is 54.8. The summed E-state index contributed by atoms with van der Waals surface area (Å²) in [6.07, 6.45) is -3.57. The molecule has 8 N–H and O–H groups in total. The Labute approximate surface area is 506 Å². The highest BCUT2D eigenvalue weighted by Gasteiger charge is 2.57. The molecule has 0 radical (unpaired) electrons. The van der Waals surface area contributed by atoms with Gasteiger partial charge in [0.15, 0.2) is 0 Å². The Bertz CT molecular complexity index is 2870. The molecule has 0 aliphatic carbocycles. The number of benzene rings is 8. The topological polar surface area (TPSA) is 96.2 Å². The molecule has 0 aromatic heterocycles. The van der Waals surface area contributed by atoms with Gasteiger partial charge in [-0.05, 0) is 93.0 Å². The summed E-state index contributed by atoms with van der Waals surface area (Å²) in [7, 11) is 0. The van der Waals surface area contributed by atoms with E-state index in [9.17, 15) is 0 Å². The van der Waals surface area contributed by atoms with Crippen molar-refractivity contribution in [3.8, 4) is 0 Å². The summed E-state index contributed by atoms with van der Waals surface area (Å²) in [5.74, 6) is -2.42. The summed E-state index contributed by atoms with van der Waals surface area (Å²) in [6, 6.07) is 64.9. The van der Waals surface area contributed by atoms with Gasteiger partial charge in [0.25, 0.3) is 0 Å². The smallest absolute Gasteiger partial charge is 0.0674 e. The normalized spacial score (nSPS) is 31.1. The molecule has 8 nitrogen and oxygen atoms in total. The number of hydrogen-bond acceptors (Lipinski definition) is 8. The van der Waals surface area contributed by atoms with E-state index in [0.29, 0.717) is 40.2 Å². The van der Waals surface area contributed by atoms with Crippen LogP contribution in [0.3, 0.4) is 0 Å². The fourth-order valence-corrected chi connectivity index (χ4v) is 16.3. The molecule has 13 rings (SSSR count). The van der Waals surface area contributed by atoms with Gasteiger partial charge in [-0.3, -0.25) is 42.5 Å². The van der Waals surface area contributed by atoms with Gasteiger partial charge in [0, 0.05) is 87.5 Å². The highest BCUT2D eigenvalue weighted by molar-refractivity contribution is 6.34. The third-order valence-electron chi connectivity index (χ3n) is 17.4. The lowest BCUT2D eigenvalue weighted by Gasteiger charge is -2.33. The van der Waals surface area contributed by atoms with Gasteiger partial charge in [-0.1, -0.05) is 238 Å². The van der Waals surface area contributed by atoms with Crippen molar-refractivity contribution in [2.45, 2.75) is 96.7 Å². The Morgan fingerprint density at radius 2 is 0.263 bits per heavy atom. The van der Waals surface area contributed by atoms with Gasteiger partial charge >= 0.3 is 0 Å². The van der Waals surface area contributed by atoms with Gasteiger partial charge in [0.2, 0.25) is 0 Å². The summed E-state index contributed by atoms with van der Waals surface area (Å²) >= 11 is 59.5. The first kappa shape index (κ1) is 55.0. The fourth-order valence-electron chi connectivity index (χ4n) is 14.2. The maximum atomic E-state index is 7.43. The van der Waals surface area contributed by atoms with Crippen LogP contribution in [0, 0.1) is 0 Å².